The third-order valence-corrected chi connectivity index (χ3v) is 3.75. The summed E-state index contributed by atoms with van der Waals surface area (Å²) in [5.74, 6) is 2.42. The second kappa shape index (κ2) is 6.67. The normalized spacial score (nSPS) is 16.7. The fraction of sp³-hybridized carbons (Fsp3) is 0.462. The molecule has 0 radical (unpaired) electrons. The fourth-order valence-corrected chi connectivity index (χ4v) is 2.79. The van der Waals surface area contributed by atoms with Crippen molar-refractivity contribution in [2.45, 2.75) is 6.54 Å². The quantitative estimate of drug-likeness (QED) is 0.875. The van der Waals surface area contributed by atoms with E-state index in [9.17, 15) is 4.79 Å². The van der Waals surface area contributed by atoms with E-state index in [0.717, 1.165) is 30.2 Å². The summed E-state index contributed by atoms with van der Waals surface area (Å²) < 4.78 is 0. The molecule has 3 nitrogen and oxygen atoms in total. The summed E-state index contributed by atoms with van der Waals surface area (Å²) in [4.78, 5) is 13.9. The van der Waals surface area contributed by atoms with E-state index in [0.29, 0.717) is 13.1 Å². The van der Waals surface area contributed by atoms with Crippen LogP contribution in [0.3, 0.4) is 0 Å². The van der Waals surface area contributed by atoms with Crippen LogP contribution in [0.15, 0.2) is 30.3 Å². The van der Waals surface area contributed by atoms with Crippen molar-refractivity contribution in [2.75, 3.05) is 31.1 Å². The molecule has 0 aliphatic carbocycles. The second-order valence-corrected chi connectivity index (χ2v) is 5.38. The molecule has 1 aromatic carbocycles. The molecule has 0 spiro atoms. The maximum absolute atomic E-state index is 11.7. The minimum Gasteiger partial charge on any atom is -0.351 e. The average Bonchev–Trinajstić information content (AvgIpc) is 2.39. The summed E-state index contributed by atoms with van der Waals surface area (Å²) in [6.45, 7) is 3.22. The molecular weight excluding hydrogens is 232 g/mol. The van der Waals surface area contributed by atoms with E-state index < -0.39 is 0 Å². The monoisotopic (exact) mass is 250 g/mol. The van der Waals surface area contributed by atoms with Crippen molar-refractivity contribution in [3.8, 4) is 0 Å². The third kappa shape index (κ3) is 4.40. The first kappa shape index (κ1) is 12.5. The number of carbonyl (C=O) groups is 1. The number of hydrogen-bond acceptors (Lipinski definition) is 3. The summed E-state index contributed by atoms with van der Waals surface area (Å²) >= 11 is 1.96. The molecule has 0 saturated carbocycles. The highest BCUT2D eigenvalue weighted by molar-refractivity contribution is 7.99. The summed E-state index contributed by atoms with van der Waals surface area (Å²) in [7, 11) is 0. The maximum atomic E-state index is 11.7. The van der Waals surface area contributed by atoms with Crippen LogP contribution in [0.5, 0.6) is 0 Å². The Morgan fingerprint density at radius 1 is 1.24 bits per heavy atom. The highest BCUT2D eigenvalue weighted by Crippen LogP contribution is 2.08. The lowest BCUT2D eigenvalue weighted by molar-refractivity contribution is -0.122. The standard InChI is InChI=1S/C13H18N2OS/c16-13(11-15-6-8-17-9-7-15)14-10-12-4-2-1-3-5-12/h1-5H,6-11H2,(H,14,16). The van der Waals surface area contributed by atoms with Crippen molar-refractivity contribution in [1.29, 1.82) is 0 Å². The van der Waals surface area contributed by atoms with Gasteiger partial charge in [0, 0.05) is 31.1 Å². The number of carbonyl (C=O) groups excluding carboxylic acids is 1. The predicted molar refractivity (Wildman–Crippen MR) is 72.1 cm³/mol. The van der Waals surface area contributed by atoms with Crippen LogP contribution in [0.2, 0.25) is 0 Å². The van der Waals surface area contributed by atoms with Crippen molar-refractivity contribution in [3.05, 3.63) is 35.9 Å². The van der Waals surface area contributed by atoms with E-state index in [4.69, 9.17) is 0 Å². The molecule has 92 valence electrons. The van der Waals surface area contributed by atoms with Gasteiger partial charge in [-0.25, -0.2) is 0 Å². The van der Waals surface area contributed by atoms with Crippen molar-refractivity contribution in [1.82, 2.24) is 10.2 Å². The lowest BCUT2D eigenvalue weighted by Gasteiger charge is -2.25. The second-order valence-electron chi connectivity index (χ2n) is 4.15. The van der Waals surface area contributed by atoms with Gasteiger partial charge in [0.15, 0.2) is 0 Å². The van der Waals surface area contributed by atoms with Crippen molar-refractivity contribution in [3.63, 3.8) is 0 Å². The van der Waals surface area contributed by atoms with Gasteiger partial charge >= 0.3 is 0 Å². The fourth-order valence-electron chi connectivity index (χ4n) is 1.81. The smallest absolute Gasteiger partial charge is 0.234 e. The van der Waals surface area contributed by atoms with Crippen LogP contribution in [0.1, 0.15) is 5.56 Å². The number of nitrogens with zero attached hydrogens (tertiary/aromatic N) is 1. The molecule has 1 heterocycles. The van der Waals surface area contributed by atoms with Crippen molar-refractivity contribution >= 4 is 17.7 Å². The number of hydrogen-bond donors (Lipinski definition) is 1. The topological polar surface area (TPSA) is 32.3 Å². The third-order valence-electron chi connectivity index (χ3n) is 2.80. The Balaban J connectivity index is 1.70. The molecule has 4 heteroatoms. The zero-order valence-electron chi connectivity index (χ0n) is 9.89. The van der Waals surface area contributed by atoms with Crippen LogP contribution < -0.4 is 5.32 Å². The van der Waals surface area contributed by atoms with Crippen LogP contribution in [0.4, 0.5) is 0 Å². The Labute approximate surface area is 107 Å². The number of benzene rings is 1. The first-order valence-corrected chi connectivity index (χ1v) is 7.11. The van der Waals surface area contributed by atoms with Crippen LogP contribution in [-0.2, 0) is 11.3 Å². The highest BCUT2D eigenvalue weighted by Gasteiger charge is 2.13. The van der Waals surface area contributed by atoms with Gasteiger partial charge in [0.25, 0.3) is 0 Å². The molecule has 0 bridgehead atoms. The molecule has 1 N–H and O–H groups in total. The zero-order valence-corrected chi connectivity index (χ0v) is 10.7. The first-order chi connectivity index (χ1) is 8.34. The van der Waals surface area contributed by atoms with Gasteiger partial charge in [-0.3, -0.25) is 9.69 Å². The maximum Gasteiger partial charge on any atom is 0.234 e. The highest BCUT2D eigenvalue weighted by atomic mass is 32.2. The molecule has 0 atom stereocenters. The van der Waals surface area contributed by atoms with Gasteiger partial charge in [-0.15, -0.1) is 0 Å². The van der Waals surface area contributed by atoms with E-state index in [1.54, 1.807) is 0 Å². The Bertz CT molecular complexity index is 350. The molecule has 1 aromatic rings. The van der Waals surface area contributed by atoms with Gasteiger partial charge < -0.3 is 5.32 Å². The first-order valence-electron chi connectivity index (χ1n) is 5.95. The van der Waals surface area contributed by atoms with Crippen LogP contribution in [0.25, 0.3) is 0 Å². The average molecular weight is 250 g/mol. The number of nitrogens with one attached hydrogen (secondary N) is 1. The molecule has 1 aliphatic heterocycles. The van der Waals surface area contributed by atoms with E-state index >= 15 is 0 Å². The van der Waals surface area contributed by atoms with Gasteiger partial charge in [0.2, 0.25) is 5.91 Å². The molecule has 0 unspecified atom stereocenters. The van der Waals surface area contributed by atoms with E-state index in [-0.39, 0.29) is 5.91 Å². The zero-order chi connectivity index (χ0) is 11.9. The van der Waals surface area contributed by atoms with Gasteiger partial charge in [-0.05, 0) is 5.56 Å². The molecule has 1 amide bonds. The largest absolute Gasteiger partial charge is 0.351 e. The molecule has 17 heavy (non-hydrogen) atoms. The predicted octanol–water partition coefficient (Wildman–Crippen LogP) is 1.35. The summed E-state index contributed by atoms with van der Waals surface area (Å²) in [6.07, 6.45) is 0. The van der Waals surface area contributed by atoms with Crippen LogP contribution in [-0.4, -0.2) is 41.9 Å². The van der Waals surface area contributed by atoms with Crippen molar-refractivity contribution in [2.24, 2.45) is 0 Å². The number of amides is 1. The lowest BCUT2D eigenvalue weighted by atomic mass is 10.2. The van der Waals surface area contributed by atoms with Gasteiger partial charge in [-0.1, -0.05) is 30.3 Å². The Kier molecular flexibility index (Phi) is 4.88. The Morgan fingerprint density at radius 3 is 2.65 bits per heavy atom. The van der Waals surface area contributed by atoms with Crippen LogP contribution >= 0.6 is 11.8 Å². The number of thioether (sulfide) groups is 1. The van der Waals surface area contributed by atoms with Crippen molar-refractivity contribution < 1.29 is 4.79 Å². The van der Waals surface area contributed by atoms with E-state index in [2.05, 4.69) is 10.2 Å². The van der Waals surface area contributed by atoms with Gasteiger partial charge in [0.1, 0.15) is 0 Å². The molecule has 2 rings (SSSR count). The summed E-state index contributed by atoms with van der Waals surface area (Å²) in [5, 5.41) is 2.96. The summed E-state index contributed by atoms with van der Waals surface area (Å²) in [5.41, 5.74) is 1.15. The lowest BCUT2D eigenvalue weighted by Crippen LogP contribution is -2.41. The van der Waals surface area contributed by atoms with E-state index in [1.807, 2.05) is 42.1 Å². The van der Waals surface area contributed by atoms with Crippen LogP contribution in [0, 0.1) is 0 Å². The SMILES string of the molecule is O=C(CN1CCSCC1)NCc1ccccc1. The van der Waals surface area contributed by atoms with Gasteiger partial charge in [0.05, 0.1) is 6.54 Å². The molecule has 0 aromatic heterocycles. The Hall–Kier alpha value is -1.00. The Morgan fingerprint density at radius 2 is 1.94 bits per heavy atom. The molecule has 1 saturated heterocycles. The number of rotatable bonds is 4. The molecule has 1 aliphatic rings. The minimum atomic E-state index is 0.126. The molecule has 1 fully saturated rings. The summed E-state index contributed by atoms with van der Waals surface area (Å²) in [6, 6.07) is 10.0. The van der Waals surface area contributed by atoms with E-state index in [1.165, 1.54) is 0 Å². The molecular formula is C13H18N2OS. The minimum absolute atomic E-state index is 0.126. The van der Waals surface area contributed by atoms with Gasteiger partial charge in [-0.2, -0.15) is 11.8 Å².